The van der Waals surface area contributed by atoms with Gasteiger partial charge in [0.1, 0.15) is 12.4 Å². The van der Waals surface area contributed by atoms with E-state index in [2.05, 4.69) is 103 Å². The average molecular weight is 642 g/mol. The lowest BCUT2D eigenvalue weighted by molar-refractivity contribution is -0.705. The van der Waals surface area contributed by atoms with Gasteiger partial charge in [-0.3, -0.25) is 0 Å². The summed E-state index contributed by atoms with van der Waals surface area (Å²) >= 11 is 0. The fourth-order valence-corrected chi connectivity index (χ4v) is 7.85. The van der Waals surface area contributed by atoms with Crippen LogP contribution in [-0.2, 0) is 18.4 Å². The molecule has 0 aliphatic carbocycles. The first-order chi connectivity index (χ1) is 23.2. The Bertz CT molecular complexity index is 1120. The number of unbranched alkanes of at least 4 members (excludes halogenated alkanes) is 20. The van der Waals surface area contributed by atoms with Crippen molar-refractivity contribution in [1.82, 2.24) is 4.98 Å². The lowest BCUT2D eigenvalue weighted by Gasteiger charge is -2.37. The quantitative estimate of drug-likeness (QED) is 0.0575. The Morgan fingerprint density at radius 1 is 0.553 bits per heavy atom. The molecule has 0 saturated heterocycles. The van der Waals surface area contributed by atoms with Gasteiger partial charge in [-0.25, -0.2) is 9.55 Å². The zero-order valence-electron chi connectivity index (χ0n) is 31.1. The van der Waals surface area contributed by atoms with Gasteiger partial charge in [0.2, 0.25) is 0 Å². The number of aryl methyl sites for hydroxylation is 1. The molecule has 3 rings (SSSR count). The highest BCUT2D eigenvalue weighted by atomic mass is 15.1. The molecule has 0 fully saturated rings. The highest BCUT2D eigenvalue weighted by molar-refractivity contribution is 5.32. The third-order valence-corrected chi connectivity index (χ3v) is 10.8. The Morgan fingerprint density at radius 2 is 1.00 bits per heavy atom. The van der Waals surface area contributed by atoms with Crippen molar-refractivity contribution in [2.24, 2.45) is 0 Å². The van der Waals surface area contributed by atoms with Crippen LogP contribution >= 0.6 is 0 Å². The first-order valence-electron chi connectivity index (χ1n) is 20.3. The predicted molar refractivity (Wildman–Crippen MR) is 205 cm³/mol. The van der Waals surface area contributed by atoms with Crippen LogP contribution in [0.25, 0.3) is 0 Å². The summed E-state index contributed by atoms with van der Waals surface area (Å²) in [6.45, 7) is 8.27. The number of hydrogen-bond acceptors (Lipinski definition) is 0. The first-order valence-corrected chi connectivity index (χ1v) is 20.3. The molecule has 0 aliphatic rings. The van der Waals surface area contributed by atoms with Crippen LogP contribution in [0.5, 0.6) is 0 Å². The topological polar surface area (TPSA) is 19.7 Å². The molecular formula is C45H73N2+. The molecule has 0 radical (unpaired) electrons. The maximum absolute atomic E-state index is 3.79. The van der Waals surface area contributed by atoms with E-state index in [0.29, 0.717) is 5.92 Å². The maximum atomic E-state index is 3.79. The van der Waals surface area contributed by atoms with E-state index in [9.17, 15) is 0 Å². The minimum Gasteiger partial charge on any atom is -0.247 e. The number of benzene rings is 2. The number of rotatable bonds is 29. The van der Waals surface area contributed by atoms with Gasteiger partial charge in [-0.05, 0) is 36.8 Å². The smallest absolute Gasteiger partial charge is 0.247 e. The summed E-state index contributed by atoms with van der Waals surface area (Å²) in [6.07, 6.45) is 37.6. The molecule has 47 heavy (non-hydrogen) atoms. The van der Waals surface area contributed by atoms with Gasteiger partial charge >= 0.3 is 0 Å². The summed E-state index contributed by atoms with van der Waals surface area (Å²) in [7, 11) is 0. The lowest BCUT2D eigenvalue weighted by Crippen LogP contribution is -2.43. The Labute approximate surface area is 291 Å². The summed E-state index contributed by atoms with van der Waals surface area (Å²) in [5.41, 5.74) is 2.90. The van der Waals surface area contributed by atoms with E-state index in [0.717, 1.165) is 13.0 Å². The first kappa shape index (κ1) is 39.1. The molecule has 2 atom stereocenters. The van der Waals surface area contributed by atoms with Crippen LogP contribution in [0, 0.1) is 0 Å². The van der Waals surface area contributed by atoms with Gasteiger partial charge < -0.3 is 0 Å². The SMILES string of the molecule is CCCCCCCCCCCCCCCCCCCC(c1[nH]cc[n+]1CCCCCCC)C(C)(Cc1ccccc1)c1ccccc1. The standard InChI is InChI=1S/C45H72N2/c1-4-6-8-10-11-12-13-14-15-16-17-18-19-20-21-22-30-36-43(44-46-37-39-47(44)38-31-23-9-7-5-2)45(3,42-34-28-25-29-35-42)40-41-32-26-24-27-33-41/h24-29,32-35,37,39,43H,4-23,30-31,36,38,40H2,1-3H3/p+1. The summed E-state index contributed by atoms with van der Waals surface area (Å²) in [6, 6.07) is 22.6. The third kappa shape index (κ3) is 15.2. The number of H-pyrrole nitrogens is 1. The van der Waals surface area contributed by atoms with Crippen LogP contribution in [0.3, 0.4) is 0 Å². The molecule has 2 aromatic carbocycles. The Kier molecular flexibility index (Phi) is 20.6. The van der Waals surface area contributed by atoms with E-state index in [4.69, 9.17) is 0 Å². The number of hydrogen-bond donors (Lipinski definition) is 1. The second-order valence-electron chi connectivity index (χ2n) is 14.9. The molecule has 0 aliphatic heterocycles. The fraction of sp³-hybridized carbons (Fsp3) is 0.667. The Balaban J connectivity index is 1.51. The van der Waals surface area contributed by atoms with E-state index in [1.807, 2.05) is 0 Å². The Morgan fingerprint density at radius 3 is 1.51 bits per heavy atom. The van der Waals surface area contributed by atoms with E-state index >= 15 is 0 Å². The zero-order chi connectivity index (χ0) is 33.3. The van der Waals surface area contributed by atoms with Crippen molar-refractivity contribution in [3.63, 3.8) is 0 Å². The summed E-state index contributed by atoms with van der Waals surface area (Å²) in [5.74, 6) is 1.87. The minimum atomic E-state index is 0.00643. The molecule has 2 unspecified atom stereocenters. The van der Waals surface area contributed by atoms with E-state index in [1.165, 1.54) is 165 Å². The van der Waals surface area contributed by atoms with Crippen molar-refractivity contribution >= 4 is 0 Å². The fourth-order valence-electron chi connectivity index (χ4n) is 7.85. The molecule has 0 spiro atoms. The van der Waals surface area contributed by atoms with Crippen LogP contribution in [0.4, 0.5) is 0 Å². The van der Waals surface area contributed by atoms with E-state index in [-0.39, 0.29) is 5.41 Å². The molecule has 0 bridgehead atoms. The van der Waals surface area contributed by atoms with Gasteiger partial charge in [-0.15, -0.1) is 0 Å². The van der Waals surface area contributed by atoms with Crippen LogP contribution in [0.2, 0.25) is 0 Å². The van der Waals surface area contributed by atoms with Crippen molar-refractivity contribution in [1.29, 1.82) is 0 Å². The molecule has 2 heteroatoms. The van der Waals surface area contributed by atoms with E-state index < -0.39 is 0 Å². The second-order valence-corrected chi connectivity index (χ2v) is 14.9. The number of aromatic nitrogens is 2. The number of nitrogens with one attached hydrogen (secondary N) is 1. The highest BCUT2D eigenvalue weighted by Crippen LogP contribution is 2.43. The maximum Gasteiger partial charge on any atom is 0.258 e. The molecule has 3 aromatic rings. The van der Waals surface area contributed by atoms with Gasteiger partial charge in [0.05, 0.1) is 12.5 Å². The van der Waals surface area contributed by atoms with Crippen molar-refractivity contribution in [2.45, 2.75) is 193 Å². The Hall–Kier alpha value is -2.35. The number of nitrogens with zero attached hydrogens (tertiary/aromatic N) is 1. The third-order valence-electron chi connectivity index (χ3n) is 10.8. The average Bonchev–Trinajstić information content (AvgIpc) is 3.56. The van der Waals surface area contributed by atoms with E-state index in [1.54, 1.807) is 0 Å². The number of aromatic amines is 1. The van der Waals surface area contributed by atoms with Crippen molar-refractivity contribution in [3.05, 3.63) is 90.0 Å². The minimum absolute atomic E-state index is 0.00643. The molecular weight excluding hydrogens is 569 g/mol. The predicted octanol–water partition coefficient (Wildman–Crippen LogP) is 13.6. The molecule has 0 amide bonds. The molecule has 1 aromatic heterocycles. The lowest BCUT2D eigenvalue weighted by atomic mass is 9.66. The highest BCUT2D eigenvalue weighted by Gasteiger charge is 2.41. The molecule has 1 N–H and O–H groups in total. The zero-order valence-corrected chi connectivity index (χ0v) is 31.1. The van der Waals surface area contributed by atoms with Gasteiger partial charge in [0.15, 0.2) is 0 Å². The molecule has 1 heterocycles. The van der Waals surface area contributed by atoms with Gasteiger partial charge in [-0.1, -0.05) is 210 Å². The molecule has 0 saturated carbocycles. The summed E-state index contributed by atoms with van der Waals surface area (Å²) in [4.78, 5) is 3.79. The monoisotopic (exact) mass is 642 g/mol. The van der Waals surface area contributed by atoms with Crippen molar-refractivity contribution < 1.29 is 4.57 Å². The largest absolute Gasteiger partial charge is 0.258 e. The summed E-state index contributed by atoms with van der Waals surface area (Å²) < 4.78 is 2.57. The molecule has 262 valence electrons. The molecule has 2 nitrogen and oxygen atoms in total. The van der Waals surface area contributed by atoms with Crippen LogP contribution in [0.15, 0.2) is 73.1 Å². The normalized spacial score (nSPS) is 13.5. The van der Waals surface area contributed by atoms with Gasteiger partial charge in [-0.2, -0.15) is 0 Å². The number of imidazole rings is 1. The van der Waals surface area contributed by atoms with Crippen LogP contribution < -0.4 is 4.57 Å². The van der Waals surface area contributed by atoms with Gasteiger partial charge in [0, 0.05) is 5.41 Å². The summed E-state index contributed by atoms with van der Waals surface area (Å²) in [5, 5.41) is 0. The van der Waals surface area contributed by atoms with Crippen molar-refractivity contribution in [2.75, 3.05) is 0 Å². The second kappa shape index (κ2) is 24.7. The van der Waals surface area contributed by atoms with Gasteiger partial charge in [0.25, 0.3) is 5.82 Å². The van der Waals surface area contributed by atoms with Crippen molar-refractivity contribution in [3.8, 4) is 0 Å². The van der Waals surface area contributed by atoms with Crippen LogP contribution in [0.1, 0.15) is 191 Å². The van der Waals surface area contributed by atoms with Crippen LogP contribution in [-0.4, -0.2) is 4.98 Å².